The highest BCUT2D eigenvalue weighted by molar-refractivity contribution is 4.92. The molecule has 0 N–H and O–H groups in total. The molecule has 0 aromatic heterocycles. The average molecular weight is 238 g/mol. The summed E-state index contributed by atoms with van der Waals surface area (Å²) in [5.74, 6) is 0. The third-order valence-electron chi connectivity index (χ3n) is 5.20. The minimum atomic E-state index is 0.674. The molecule has 2 rings (SSSR count). The van der Waals surface area contributed by atoms with Crippen LogP contribution in [-0.2, 0) is 0 Å². The lowest BCUT2D eigenvalue weighted by Crippen LogP contribution is -2.51. The molecule has 0 aromatic rings. The topological polar surface area (TPSA) is 6.48 Å². The van der Waals surface area contributed by atoms with Crippen LogP contribution in [0.5, 0.6) is 0 Å². The normalized spacial score (nSPS) is 26.8. The molecule has 2 saturated heterocycles. The summed E-state index contributed by atoms with van der Waals surface area (Å²) < 4.78 is 0. The highest BCUT2D eigenvalue weighted by Gasteiger charge is 2.38. The summed E-state index contributed by atoms with van der Waals surface area (Å²) in [6.45, 7) is 10.1. The van der Waals surface area contributed by atoms with Crippen LogP contribution in [0.4, 0.5) is 0 Å². The van der Waals surface area contributed by atoms with Crippen molar-refractivity contribution in [3.63, 3.8) is 0 Å². The summed E-state index contributed by atoms with van der Waals surface area (Å²) in [4.78, 5) is 5.30. The Morgan fingerprint density at radius 3 is 2.24 bits per heavy atom. The van der Waals surface area contributed by atoms with Crippen molar-refractivity contribution in [2.24, 2.45) is 5.41 Å². The first-order chi connectivity index (χ1) is 8.19. The van der Waals surface area contributed by atoms with Gasteiger partial charge < -0.3 is 4.90 Å². The minimum Gasteiger partial charge on any atom is -0.306 e. The molecular weight excluding hydrogens is 208 g/mol. The SMILES string of the molecule is CCC(CC)N1CCCC2(CCN(C)CC2)C1. The summed E-state index contributed by atoms with van der Waals surface area (Å²) in [6.07, 6.45) is 8.43. The number of nitrogens with zero attached hydrogens (tertiary/aromatic N) is 2. The van der Waals surface area contributed by atoms with E-state index in [1.54, 1.807) is 0 Å². The molecule has 2 heteroatoms. The van der Waals surface area contributed by atoms with Gasteiger partial charge >= 0.3 is 0 Å². The molecule has 0 radical (unpaired) electrons. The lowest BCUT2D eigenvalue weighted by molar-refractivity contribution is 0.00944. The second-order valence-corrected chi connectivity index (χ2v) is 6.35. The van der Waals surface area contributed by atoms with Gasteiger partial charge in [0.15, 0.2) is 0 Å². The van der Waals surface area contributed by atoms with E-state index < -0.39 is 0 Å². The van der Waals surface area contributed by atoms with E-state index in [9.17, 15) is 0 Å². The predicted octanol–water partition coefficient (Wildman–Crippen LogP) is 2.98. The third kappa shape index (κ3) is 3.03. The van der Waals surface area contributed by atoms with Crippen molar-refractivity contribution in [3.05, 3.63) is 0 Å². The molecule has 2 aliphatic heterocycles. The maximum absolute atomic E-state index is 2.80. The molecule has 0 amide bonds. The van der Waals surface area contributed by atoms with Gasteiger partial charge in [0.25, 0.3) is 0 Å². The number of hydrogen-bond acceptors (Lipinski definition) is 2. The largest absolute Gasteiger partial charge is 0.306 e. The Morgan fingerprint density at radius 1 is 1.00 bits per heavy atom. The van der Waals surface area contributed by atoms with Gasteiger partial charge in [-0.2, -0.15) is 0 Å². The maximum Gasteiger partial charge on any atom is 0.00902 e. The molecule has 0 aliphatic carbocycles. The summed E-state index contributed by atoms with van der Waals surface area (Å²) in [7, 11) is 2.27. The lowest BCUT2D eigenvalue weighted by Gasteiger charge is -2.49. The van der Waals surface area contributed by atoms with Gasteiger partial charge in [0, 0.05) is 12.6 Å². The summed E-state index contributed by atoms with van der Waals surface area (Å²) in [5, 5.41) is 0. The Kier molecular flexibility index (Phi) is 4.48. The fourth-order valence-corrected chi connectivity index (χ4v) is 3.86. The third-order valence-corrected chi connectivity index (χ3v) is 5.20. The van der Waals surface area contributed by atoms with Crippen LogP contribution < -0.4 is 0 Å². The van der Waals surface area contributed by atoms with E-state index in [-0.39, 0.29) is 0 Å². The first-order valence-corrected chi connectivity index (χ1v) is 7.62. The van der Waals surface area contributed by atoms with E-state index in [0.717, 1.165) is 6.04 Å². The molecule has 17 heavy (non-hydrogen) atoms. The van der Waals surface area contributed by atoms with Gasteiger partial charge in [-0.15, -0.1) is 0 Å². The quantitative estimate of drug-likeness (QED) is 0.746. The zero-order valence-electron chi connectivity index (χ0n) is 12.0. The van der Waals surface area contributed by atoms with Crippen molar-refractivity contribution >= 4 is 0 Å². The van der Waals surface area contributed by atoms with E-state index in [1.807, 2.05) is 0 Å². The van der Waals surface area contributed by atoms with Crippen molar-refractivity contribution in [3.8, 4) is 0 Å². The van der Waals surface area contributed by atoms with E-state index in [4.69, 9.17) is 0 Å². The van der Waals surface area contributed by atoms with E-state index in [1.165, 1.54) is 64.7 Å². The summed E-state index contributed by atoms with van der Waals surface area (Å²) >= 11 is 0. The van der Waals surface area contributed by atoms with Gasteiger partial charge in [-0.3, -0.25) is 4.90 Å². The molecule has 100 valence electrons. The minimum absolute atomic E-state index is 0.674. The maximum atomic E-state index is 2.80. The molecule has 0 unspecified atom stereocenters. The molecule has 2 aliphatic rings. The lowest BCUT2D eigenvalue weighted by atomic mass is 9.72. The van der Waals surface area contributed by atoms with Crippen molar-refractivity contribution in [1.82, 2.24) is 9.80 Å². The second-order valence-electron chi connectivity index (χ2n) is 6.35. The van der Waals surface area contributed by atoms with Gasteiger partial charge in [-0.1, -0.05) is 13.8 Å². The molecule has 0 atom stereocenters. The fourth-order valence-electron chi connectivity index (χ4n) is 3.86. The number of likely N-dealkylation sites (tertiary alicyclic amines) is 2. The highest BCUT2D eigenvalue weighted by Crippen LogP contribution is 2.40. The Bertz CT molecular complexity index is 227. The van der Waals surface area contributed by atoms with E-state index in [2.05, 4.69) is 30.7 Å². The molecule has 1 spiro atoms. The van der Waals surface area contributed by atoms with Crippen LogP contribution in [0.2, 0.25) is 0 Å². The first-order valence-electron chi connectivity index (χ1n) is 7.62. The van der Waals surface area contributed by atoms with Crippen LogP contribution in [0.1, 0.15) is 52.4 Å². The van der Waals surface area contributed by atoms with E-state index >= 15 is 0 Å². The fraction of sp³-hybridized carbons (Fsp3) is 1.00. The molecule has 2 heterocycles. The Labute approximate surface area is 107 Å². The highest BCUT2D eigenvalue weighted by atomic mass is 15.2. The molecular formula is C15H30N2. The van der Waals surface area contributed by atoms with Crippen LogP contribution >= 0.6 is 0 Å². The van der Waals surface area contributed by atoms with Gasteiger partial charge in [-0.05, 0) is 70.6 Å². The van der Waals surface area contributed by atoms with Crippen molar-refractivity contribution < 1.29 is 0 Å². The van der Waals surface area contributed by atoms with E-state index in [0.29, 0.717) is 5.41 Å². The molecule has 2 fully saturated rings. The van der Waals surface area contributed by atoms with Crippen LogP contribution in [0, 0.1) is 5.41 Å². The van der Waals surface area contributed by atoms with Crippen LogP contribution in [0.25, 0.3) is 0 Å². The first kappa shape index (κ1) is 13.4. The standard InChI is InChI=1S/C15H30N2/c1-4-14(5-2)17-10-6-7-15(13-17)8-11-16(3)12-9-15/h14H,4-13H2,1-3H3. The summed E-state index contributed by atoms with van der Waals surface area (Å²) in [6, 6.07) is 0.840. The Hall–Kier alpha value is -0.0800. The van der Waals surface area contributed by atoms with Gasteiger partial charge in [0.1, 0.15) is 0 Å². The molecule has 0 bridgehead atoms. The van der Waals surface area contributed by atoms with Crippen molar-refractivity contribution in [2.75, 3.05) is 33.2 Å². The Balaban J connectivity index is 1.96. The number of hydrogen-bond donors (Lipinski definition) is 0. The van der Waals surface area contributed by atoms with Crippen LogP contribution in [0.15, 0.2) is 0 Å². The van der Waals surface area contributed by atoms with Crippen molar-refractivity contribution in [2.45, 2.75) is 58.4 Å². The molecule has 0 aromatic carbocycles. The zero-order chi connectivity index (χ0) is 12.3. The average Bonchev–Trinajstić information content (AvgIpc) is 2.35. The van der Waals surface area contributed by atoms with Crippen LogP contribution in [0.3, 0.4) is 0 Å². The second kappa shape index (κ2) is 5.71. The van der Waals surface area contributed by atoms with Crippen LogP contribution in [-0.4, -0.2) is 49.1 Å². The molecule has 2 nitrogen and oxygen atoms in total. The van der Waals surface area contributed by atoms with Gasteiger partial charge in [0.05, 0.1) is 0 Å². The predicted molar refractivity (Wildman–Crippen MR) is 74.3 cm³/mol. The zero-order valence-corrected chi connectivity index (χ0v) is 12.0. The van der Waals surface area contributed by atoms with Gasteiger partial charge in [0.2, 0.25) is 0 Å². The Morgan fingerprint density at radius 2 is 1.65 bits per heavy atom. The number of piperidine rings is 2. The summed E-state index contributed by atoms with van der Waals surface area (Å²) in [5.41, 5.74) is 0.674. The number of rotatable bonds is 3. The van der Waals surface area contributed by atoms with Crippen molar-refractivity contribution in [1.29, 1.82) is 0 Å². The monoisotopic (exact) mass is 238 g/mol. The van der Waals surface area contributed by atoms with Gasteiger partial charge in [-0.25, -0.2) is 0 Å². The smallest absolute Gasteiger partial charge is 0.00902 e. The molecule has 0 saturated carbocycles.